The molecule has 0 saturated carbocycles. The van der Waals surface area contributed by atoms with Crippen molar-refractivity contribution in [2.45, 2.75) is 58.7 Å². The van der Waals surface area contributed by atoms with E-state index < -0.39 is 6.04 Å². The van der Waals surface area contributed by atoms with Crippen LogP contribution in [0.5, 0.6) is 5.75 Å². The number of rotatable bonds is 7. The first-order chi connectivity index (χ1) is 14.5. The fourth-order valence-corrected chi connectivity index (χ4v) is 3.32. The summed E-state index contributed by atoms with van der Waals surface area (Å²) >= 11 is 0. The zero-order valence-electron chi connectivity index (χ0n) is 18.0. The van der Waals surface area contributed by atoms with Gasteiger partial charge in [0.25, 0.3) is 0 Å². The maximum Gasteiger partial charge on any atom is 0.315 e. The molecule has 0 saturated heterocycles. The van der Waals surface area contributed by atoms with Crippen molar-refractivity contribution in [3.8, 4) is 16.9 Å². The van der Waals surface area contributed by atoms with E-state index in [2.05, 4.69) is 40.2 Å². The summed E-state index contributed by atoms with van der Waals surface area (Å²) in [5, 5.41) is 8.34. The third-order valence-electron chi connectivity index (χ3n) is 5.39. The molecule has 1 heterocycles. The third kappa shape index (κ3) is 5.75. The molecule has 160 valence electrons. The Bertz CT molecular complexity index is 880. The Balaban J connectivity index is 1.51. The lowest BCUT2D eigenvalue weighted by atomic mass is 9.98. The summed E-state index contributed by atoms with van der Waals surface area (Å²) in [6.07, 6.45) is 2.95. The number of urea groups is 1. The number of benzene rings is 2. The van der Waals surface area contributed by atoms with Crippen LogP contribution < -0.4 is 20.7 Å². The maximum atomic E-state index is 12.1. The monoisotopic (exact) mass is 409 g/mol. The Morgan fingerprint density at radius 2 is 1.77 bits per heavy atom. The van der Waals surface area contributed by atoms with Gasteiger partial charge in [-0.3, -0.25) is 4.79 Å². The van der Waals surface area contributed by atoms with Gasteiger partial charge in [0.05, 0.1) is 6.61 Å². The average Bonchev–Trinajstić information content (AvgIpc) is 2.77. The van der Waals surface area contributed by atoms with Gasteiger partial charge in [-0.05, 0) is 67.5 Å². The number of carbonyl (C=O) groups excluding carboxylic acids is 2. The van der Waals surface area contributed by atoms with Crippen molar-refractivity contribution in [1.82, 2.24) is 16.0 Å². The summed E-state index contributed by atoms with van der Waals surface area (Å²) in [6, 6.07) is 13.6. The Kier molecular flexibility index (Phi) is 7.33. The summed E-state index contributed by atoms with van der Waals surface area (Å²) in [4.78, 5) is 24.1. The van der Waals surface area contributed by atoms with Crippen LogP contribution in [0, 0.1) is 0 Å². The van der Waals surface area contributed by atoms with Gasteiger partial charge < -0.3 is 20.7 Å². The van der Waals surface area contributed by atoms with Crippen LogP contribution in [0.3, 0.4) is 0 Å². The molecule has 0 aromatic heterocycles. The Morgan fingerprint density at radius 3 is 2.50 bits per heavy atom. The zero-order chi connectivity index (χ0) is 21.5. The molecule has 3 amide bonds. The predicted octanol–water partition coefficient (Wildman–Crippen LogP) is 3.78. The minimum Gasteiger partial charge on any atom is -0.493 e. The highest BCUT2D eigenvalue weighted by Gasteiger charge is 2.16. The molecule has 0 fully saturated rings. The molecule has 0 spiro atoms. The minimum absolute atomic E-state index is 0.0889. The first-order valence-corrected chi connectivity index (χ1v) is 10.7. The molecular weight excluding hydrogens is 378 g/mol. The van der Waals surface area contributed by atoms with Crippen LogP contribution in [0.4, 0.5) is 4.79 Å². The van der Waals surface area contributed by atoms with Crippen molar-refractivity contribution in [3.63, 3.8) is 0 Å². The Hall–Kier alpha value is -3.02. The summed E-state index contributed by atoms with van der Waals surface area (Å²) in [7, 11) is 0. The van der Waals surface area contributed by atoms with Crippen molar-refractivity contribution >= 4 is 11.9 Å². The molecule has 1 aliphatic heterocycles. The van der Waals surface area contributed by atoms with Crippen LogP contribution in [0.15, 0.2) is 42.5 Å². The second-order valence-corrected chi connectivity index (χ2v) is 7.84. The predicted molar refractivity (Wildman–Crippen MR) is 118 cm³/mol. The maximum absolute atomic E-state index is 12.1. The Morgan fingerprint density at radius 1 is 1.03 bits per heavy atom. The number of hydrogen-bond donors (Lipinski definition) is 3. The lowest BCUT2D eigenvalue weighted by Gasteiger charge is -2.18. The first-order valence-electron chi connectivity index (χ1n) is 10.7. The van der Waals surface area contributed by atoms with Gasteiger partial charge >= 0.3 is 6.03 Å². The normalized spacial score (nSPS) is 14.6. The highest BCUT2D eigenvalue weighted by Crippen LogP contribution is 2.30. The number of aryl methyl sites for hydroxylation is 1. The Labute approximate surface area is 178 Å². The van der Waals surface area contributed by atoms with E-state index in [0.717, 1.165) is 48.3 Å². The minimum atomic E-state index is -0.589. The molecule has 2 aromatic carbocycles. The van der Waals surface area contributed by atoms with Crippen molar-refractivity contribution in [3.05, 3.63) is 53.6 Å². The van der Waals surface area contributed by atoms with Crippen LogP contribution in [0.1, 0.15) is 44.7 Å². The molecule has 30 heavy (non-hydrogen) atoms. The lowest BCUT2D eigenvalue weighted by molar-refractivity contribution is -0.123. The van der Waals surface area contributed by atoms with Crippen LogP contribution in [0.2, 0.25) is 0 Å². The lowest BCUT2D eigenvalue weighted by Crippen LogP contribution is -2.49. The largest absolute Gasteiger partial charge is 0.493 e. The molecule has 0 radical (unpaired) electrons. The van der Waals surface area contributed by atoms with Gasteiger partial charge in [0, 0.05) is 12.6 Å². The fourth-order valence-electron chi connectivity index (χ4n) is 3.32. The van der Waals surface area contributed by atoms with E-state index >= 15 is 0 Å². The summed E-state index contributed by atoms with van der Waals surface area (Å²) in [5.74, 6) is 0.809. The van der Waals surface area contributed by atoms with E-state index in [1.54, 1.807) is 6.92 Å². The zero-order valence-corrected chi connectivity index (χ0v) is 18.0. The van der Waals surface area contributed by atoms with E-state index in [1.807, 2.05) is 32.0 Å². The van der Waals surface area contributed by atoms with Crippen LogP contribution >= 0.6 is 0 Å². The van der Waals surface area contributed by atoms with Gasteiger partial charge in [-0.2, -0.15) is 0 Å². The molecule has 0 aliphatic carbocycles. The van der Waals surface area contributed by atoms with Gasteiger partial charge in [0.1, 0.15) is 11.8 Å². The highest BCUT2D eigenvalue weighted by molar-refractivity contribution is 5.86. The SMILES string of the molecule is CCC(C)NC(=O)C(C)NC(=O)NCc1ccc(-c2ccc3c(c2)CCCO3)cc1. The number of nitrogens with one attached hydrogen (secondary N) is 3. The smallest absolute Gasteiger partial charge is 0.315 e. The van der Waals surface area contributed by atoms with Crippen LogP contribution in [0.25, 0.3) is 11.1 Å². The number of fused-ring (bicyclic) bond motifs is 1. The van der Waals surface area contributed by atoms with E-state index in [-0.39, 0.29) is 18.0 Å². The topological polar surface area (TPSA) is 79.5 Å². The van der Waals surface area contributed by atoms with Crippen molar-refractivity contribution in [2.24, 2.45) is 0 Å². The van der Waals surface area contributed by atoms with Gasteiger partial charge in [-0.15, -0.1) is 0 Å². The number of amides is 3. The van der Waals surface area contributed by atoms with Gasteiger partial charge in [-0.25, -0.2) is 4.79 Å². The number of ether oxygens (including phenoxy) is 1. The second-order valence-electron chi connectivity index (χ2n) is 7.84. The molecule has 0 bridgehead atoms. The molecular formula is C24H31N3O3. The van der Waals surface area contributed by atoms with Crippen molar-refractivity contribution < 1.29 is 14.3 Å². The first kappa shape index (κ1) is 21.7. The highest BCUT2D eigenvalue weighted by atomic mass is 16.5. The molecule has 2 unspecified atom stereocenters. The summed E-state index contributed by atoms with van der Waals surface area (Å²) in [5.41, 5.74) is 4.55. The quantitative estimate of drug-likeness (QED) is 0.651. The molecule has 1 aliphatic rings. The van der Waals surface area contributed by atoms with E-state index in [4.69, 9.17) is 4.74 Å². The van der Waals surface area contributed by atoms with E-state index in [1.165, 1.54) is 5.56 Å². The second kappa shape index (κ2) is 10.1. The summed E-state index contributed by atoms with van der Waals surface area (Å²) in [6.45, 7) is 6.80. The number of hydrogen-bond acceptors (Lipinski definition) is 3. The van der Waals surface area contributed by atoms with E-state index in [0.29, 0.717) is 6.54 Å². The molecule has 3 rings (SSSR count). The average molecular weight is 410 g/mol. The van der Waals surface area contributed by atoms with Crippen molar-refractivity contribution in [2.75, 3.05) is 6.61 Å². The molecule has 2 aromatic rings. The van der Waals surface area contributed by atoms with Crippen molar-refractivity contribution in [1.29, 1.82) is 0 Å². The fraction of sp³-hybridized carbons (Fsp3) is 0.417. The molecule has 2 atom stereocenters. The van der Waals surface area contributed by atoms with E-state index in [9.17, 15) is 9.59 Å². The molecule has 6 nitrogen and oxygen atoms in total. The standard InChI is InChI=1S/C24H31N3O3/c1-4-16(2)26-23(28)17(3)27-24(29)25-15-18-7-9-19(10-8-18)20-11-12-22-21(14-20)6-5-13-30-22/h7-12,14,16-17H,4-6,13,15H2,1-3H3,(H,26,28)(H2,25,27,29). The van der Waals surface area contributed by atoms with Gasteiger partial charge in [0.2, 0.25) is 5.91 Å². The number of carbonyl (C=O) groups is 2. The van der Waals surface area contributed by atoms with Crippen LogP contribution in [-0.4, -0.2) is 30.6 Å². The van der Waals surface area contributed by atoms with Crippen LogP contribution in [-0.2, 0) is 17.8 Å². The molecule has 3 N–H and O–H groups in total. The molecule has 6 heteroatoms. The third-order valence-corrected chi connectivity index (χ3v) is 5.39. The summed E-state index contributed by atoms with van der Waals surface area (Å²) < 4.78 is 5.68. The van der Waals surface area contributed by atoms with Gasteiger partial charge in [-0.1, -0.05) is 37.3 Å². The van der Waals surface area contributed by atoms with Gasteiger partial charge in [0.15, 0.2) is 0 Å².